The minimum Gasteiger partial charge on any atom is -0.496 e. The van der Waals surface area contributed by atoms with Crippen molar-refractivity contribution in [3.63, 3.8) is 0 Å². The summed E-state index contributed by atoms with van der Waals surface area (Å²) < 4.78 is 6.16. The molecule has 0 aliphatic carbocycles. The predicted octanol–water partition coefficient (Wildman–Crippen LogP) is 2.43. The molecule has 0 saturated carbocycles. The molecule has 0 bridgehead atoms. The van der Waals surface area contributed by atoms with Crippen molar-refractivity contribution in [1.82, 2.24) is 20.5 Å². The SMILES string of the molecule is COc1ccc(C(C)NCc2ncn[nH]2)cc1Br. The fourth-order valence-electron chi connectivity index (χ4n) is 1.64. The molecule has 0 radical (unpaired) electrons. The van der Waals surface area contributed by atoms with E-state index >= 15 is 0 Å². The van der Waals surface area contributed by atoms with Gasteiger partial charge in [0.05, 0.1) is 18.1 Å². The van der Waals surface area contributed by atoms with Crippen LogP contribution in [0.4, 0.5) is 0 Å². The van der Waals surface area contributed by atoms with Gasteiger partial charge in [0.1, 0.15) is 17.9 Å². The first-order valence-electron chi connectivity index (χ1n) is 5.61. The van der Waals surface area contributed by atoms with Gasteiger partial charge in [0.15, 0.2) is 0 Å². The van der Waals surface area contributed by atoms with E-state index in [1.807, 2.05) is 12.1 Å². The van der Waals surface area contributed by atoms with E-state index in [0.717, 1.165) is 16.0 Å². The zero-order chi connectivity index (χ0) is 13.0. The van der Waals surface area contributed by atoms with E-state index in [2.05, 4.69) is 49.4 Å². The maximum absolute atomic E-state index is 5.21. The molecule has 0 fully saturated rings. The molecule has 0 amide bonds. The number of rotatable bonds is 5. The van der Waals surface area contributed by atoms with E-state index in [1.165, 1.54) is 11.9 Å². The van der Waals surface area contributed by atoms with Gasteiger partial charge in [-0.1, -0.05) is 6.07 Å². The fraction of sp³-hybridized carbons (Fsp3) is 0.333. The second-order valence-electron chi connectivity index (χ2n) is 3.93. The van der Waals surface area contributed by atoms with Gasteiger partial charge in [-0.25, -0.2) is 4.98 Å². The van der Waals surface area contributed by atoms with Crippen LogP contribution in [-0.4, -0.2) is 22.3 Å². The molecule has 6 heteroatoms. The van der Waals surface area contributed by atoms with Crippen molar-refractivity contribution >= 4 is 15.9 Å². The number of aromatic nitrogens is 3. The number of nitrogens with one attached hydrogen (secondary N) is 2. The van der Waals surface area contributed by atoms with Gasteiger partial charge < -0.3 is 10.1 Å². The second kappa shape index (κ2) is 5.97. The Balaban J connectivity index is 2.00. The summed E-state index contributed by atoms with van der Waals surface area (Å²) in [6, 6.07) is 6.27. The van der Waals surface area contributed by atoms with Crippen LogP contribution in [0.3, 0.4) is 0 Å². The first-order valence-corrected chi connectivity index (χ1v) is 6.41. The number of methoxy groups -OCH3 is 1. The third kappa shape index (κ3) is 3.08. The van der Waals surface area contributed by atoms with Crippen LogP contribution in [0.1, 0.15) is 24.4 Å². The lowest BCUT2D eigenvalue weighted by Crippen LogP contribution is -2.18. The Bertz CT molecular complexity index is 501. The van der Waals surface area contributed by atoms with Gasteiger partial charge in [-0.05, 0) is 40.5 Å². The van der Waals surface area contributed by atoms with Gasteiger partial charge in [-0.3, -0.25) is 5.10 Å². The number of benzene rings is 1. The van der Waals surface area contributed by atoms with Gasteiger partial charge >= 0.3 is 0 Å². The normalized spacial score (nSPS) is 12.4. The monoisotopic (exact) mass is 310 g/mol. The minimum absolute atomic E-state index is 0.220. The Kier molecular flexibility index (Phi) is 4.33. The molecule has 96 valence electrons. The summed E-state index contributed by atoms with van der Waals surface area (Å²) >= 11 is 3.48. The van der Waals surface area contributed by atoms with Crippen molar-refractivity contribution in [3.8, 4) is 5.75 Å². The lowest BCUT2D eigenvalue weighted by atomic mass is 10.1. The van der Waals surface area contributed by atoms with Gasteiger partial charge in [-0.15, -0.1) is 0 Å². The van der Waals surface area contributed by atoms with E-state index in [-0.39, 0.29) is 6.04 Å². The van der Waals surface area contributed by atoms with Crippen LogP contribution in [0, 0.1) is 0 Å². The maximum atomic E-state index is 5.21. The molecule has 2 rings (SSSR count). The largest absolute Gasteiger partial charge is 0.496 e. The zero-order valence-corrected chi connectivity index (χ0v) is 11.9. The highest BCUT2D eigenvalue weighted by atomic mass is 79.9. The lowest BCUT2D eigenvalue weighted by molar-refractivity contribution is 0.411. The van der Waals surface area contributed by atoms with E-state index in [1.54, 1.807) is 7.11 Å². The van der Waals surface area contributed by atoms with Crippen LogP contribution >= 0.6 is 15.9 Å². The number of hydrogen-bond donors (Lipinski definition) is 2. The van der Waals surface area contributed by atoms with Crippen molar-refractivity contribution in [2.75, 3.05) is 7.11 Å². The highest BCUT2D eigenvalue weighted by Crippen LogP contribution is 2.27. The van der Waals surface area contributed by atoms with Crippen LogP contribution in [0.5, 0.6) is 5.75 Å². The van der Waals surface area contributed by atoms with E-state index < -0.39 is 0 Å². The highest BCUT2D eigenvalue weighted by molar-refractivity contribution is 9.10. The summed E-state index contributed by atoms with van der Waals surface area (Å²) in [6.45, 7) is 2.76. The molecule has 1 aromatic heterocycles. The number of nitrogens with zero attached hydrogens (tertiary/aromatic N) is 2. The Hall–Kier alpha value is -1.40. The Morgan fingerprint density at radius 2 is 2.33 bits per heavy atom. The summed E-state index contributed by atoms with van der Waals surface area (Å²) in [5.74, 6) is 1.66. The number of ether oxygens (including phenoxy) is 1. The average Bonchev–Trinajstić information content (AvgIpc) is 2.89. The number of H-pyrrole nitrogens is 1. The number of aromatic amines is 1. The average molecular weight is 311 g/mol. The predicted molar refractivity (Wildman–Crippen MR) is 72.3 cm³/mol. The van der Waals surface area contributed by atoms with Crippen LogP contribution in [0.15, 0.2) is 29.0 Å². The van der Waals surface area contributed by atoms with Gasteiger partial charge in [0, 0.05) is 6.04 Å². The molecule has 1 heterocycles. The van der Waals surface area contributed by atoms with Crippen LogP contribution in [0.2, 0.25) is 0 Å². The first-order chi connectivity index (χ1) is 8.70. The van der Waals surface area contributed by atoms with Crippen molar-refractivity contribution in [1.29, 1.82) is 0 Å². The van der Waals surface area contributed by atoms with Gasteiger partial charge in [0.2, 0.25) is 0 Å². The third-order valence-electron chi connectivity index (χ3n) is 2.72. The quantitative estimate of drug-likeness (QED) is 0.890. The Morgan fingerprint density at radius 3 is 2.94 bits per heavy atom. The first kappa shape index (κ1) is 13.0. The van der Waals surface area contributed by atoms with Crippen molar-refractivity contribution < 1.29 is 4.74 Å². The number of halogens is 1. The molecular formula is C12H15BrN4O. The molecule has 2 N–H and O–H groups in total. The molecule has 0 saturated heterocycles. The molecule has 1 aromatic carbocycles. The minimum atomic E-state index is 0.220. The summed E-state index contributed by atoms with van der Waals surface area (Å²) in [4.78, 5) is 4.07. The molecule has 5 nitrogen and oxygen atoms in total. The molecule has 0 aliphatic heterocycles. The molecule has 0 aliphatic rings. The van der Waals surface area contributed by atoms with E-state index in [4.69, 9.17) is 4.74 Å². The molecule has 18 heavy (non-hydrogen) atoms. The van der Waals surface area contributed by atoms with Crippen LogP contribution in [-0.2, 0) is 6.54 Å². The lowest BCUT2D eigenvalue weighted by Gasteiger charge is -2.14. The molecule has 0 spiro atoms. The molecule has 2 aromatic rings. The summed E-state index contributed by atoms with van der Waals surface area (Å²) in [6.07, 6.45) is 1.51. The van der Waals surface area contributed by atoms with Crippen LogP contribution in [0.25, 0.3) is 0 Å². The Labute approximate surface area is 114 Å². The van der Waals surface area contributed by atoms with Gasteiger partial charge in [0.25, 0.3) is 0 Å². The smallest absolute Gasteiger partial charge is 0.138 e. The standard InChI is InChI=1S/C12H15BrN4O/c1-8(14-6-12-15-7-16-17-12)9-3-4-11(18-2)10(13)5-9/h3-5,7-8,14H,6H2,1-2H3,(H,15,16,17). The van der Waals surface area contributed by atoms with Gasteiger partial charge in [-0.2, -0.15) is 5.10 Å². The third-order valence-corrected chi connectivity index (χ3v) is 3.34. The summed E-state index contributed by atoms with van der Waals surface area (Å²) in [5, 5.41) is 10.0. The summed E-state index contributed by atoms with van der Waals surface area (Å²) in [5.41, 5.74) is 1.18. The topological polar surface area (TPSA) is 62.8 Å². The molecular weight excluding hydrogens is 296 g/mol. The van der Waals surface area contributed by atoms with Crippen molar-refractivity contribution in [2.24, 2.45) is 0 Å². The zero-order valence-electron chi connectivity index (χ0n) is 10.3. The van der Waals surface area contributed by atoms with Crippen molar-refractivity contribution in [3.05, 3.63) is 40.4 Å². The highest BCUT2D eigenvalue weighted by Gasteiger charge is 2.08. The fourth-order valence-corrected chi connectivity index (χ4v) is 2.19. The number of hydrogen-bond acceptors (Lipinski definition) is 4. The Morgan fingerprint density at radius 1 is 1.50 bits per heavy atom. The summed E-state index contributed by atoms with van der Waals surface area (Å²) in [7, 11) is 1.66. The second-order valence-corrected chi connectivity index (χ2v) is 4.78. The van der Waals surface area contributed by atoms with Crippen molar-refractivity contribution in [2.45, 2.75) is 19.5 Å². The van der Waals surface area contributed by atoms with E-state index in [0.29, 0.717) is 6.54 Å². The molecule has 1 atom stereocenters. The molecule has 1 unspecified atom stereocenters. The van der Waals surface area contributed by atoms with E-state index in [9.17, 15) is 0 Å². The van der Waals surface area contributed by atoms with Crippen LogP contribution < -0.4 is 10.1 Å². The maximum Gasteiger partial charge on any atom is 0.138 e.